The molecule has 1 aliphatic heterocycles. The minimum absolute atomic E-state index is 0.0911. The van der Waals surface area contributed by atoms with Gasteiger partial charge in [0.1, 0.15) is 0 Å². The van der Waals surface area contributed by atoms with E-state index in [1.54, 1.807) is 0 Å². The van der Waals surface area contributed by atoms with Gasteiger partial charge in [-0.05, 0) is 24.8 Å². The highest BCUT2D eigenvalue weighted by Crippen LogP contribution is 2.48. The lowest BCUT2D eigenvalue weighted by atomic mass is 9.95. The number of β-amino-alcohol motifs (C(OH)–C–C–N with tert-alkyl or cyclic N) is 1. The predicted molar refractivity (Wildman–Crippen MR) is 64.4 cm³/mol. The quantitative estimate of drug-likeness (QED) is 0.834. The third-order valence-electron chi connectivity index (χ3n) is 4.01. The lowest BCUT2D eigenvalue weighted by Gasteiger charge is -2.23. The van der Waals surface area contributed by atoms with Gasteiger partial charge in [0.05, 0.1) is 6.10 Å². The number of hydrogen-bond donors (Lipinski definition) is 1. The number of hydrogen-bond acceptors (Lipinski definition) is 2. The van der Waals surface area contributed by atoms with Crippen LogP contribution in [-0.4, -0.2) is 35.7 Å². The third kappa shape index (κ3) is 1.87. The number of rotatable bonds is 3. The molecule has 0 spiro atoms. The molecule has 0 unspecified atom stereocenters. The summed E-state index contributed by atoms with van der Waals surface area (Å²) in [5.41, 5.74) is 1.89. The van der Waals surface area contributed by atoms with Crippen LogP contribution in [0.25, 0.3) is 0 Å². The van der Waals surface area contributed by atoms with Crippen LogP contribution in [0.1, 0.15) is 24.8 Å². The first-order valence-corrected chi connectivity index (χ1v) is 6.24. The number of aliphatic hydroxyl groups excluding tert-OH is 1. The zero-order valence-corrected chi connectivity index (χ0v) is 9.60. The summed E-state index contributed by atoms with van der Waals surface area (Å²) < 4.78 is 0. The van der Waals surface area contributed by atoms with E-state index in [9.17, 15) is 5.11 Å². The van der Waals surface area contributed by atoms with Crippen molar-refractivity contribution in [2.75, 3.05) is 19.6 Å². The van der Waals surface area contributed by atoms with Crippen LogP contribution in [0.4, 0.5) is 0 Å². The zero-order valence-electron chi connectivity index (χ0n) is 9.60. The summed E-state index contributed by atoms with van der Waals surface area (Å²) in [5, 5.41) is 9.55. The molecule has 0 amide bonds. The molecule has 2 heteroatoms. The van der Waals surface area contributed by atoms with Gasteiger partial charge in [-0.2, -0.15) is 0 Å². The van der Waals surface area contributed by atoms with Crippen LogP contribution in [0.2, 0.25) is 0 Å². The highest BCUT2D eigenvalue weighted by molar-refractivity contribution is 5.31. The maximum absolute atomic E-state index is 9.55. The van der Waals surface area contributed by atoms with Gasteiger partial charge in [-0.25, -0.2) is 0 Å². The van der Waals surface area contributed by atoms with Crippen molar-refractivity contribution in [3.05, 3.63) is 35.9 Å². The van der Waals surface area contributed by atoms with Gasteiger partial charge >= 0.3 is 0 Å². The molecule has 0 aromatic heterocycles. The molecule has 2 fully saturated rings. The molecule has 1 N–H and O–H groups in total. The van der Waals surface area contributed by atoms with Crippen molar-refractivity contribution in [1.29, 1.82) is 0 Å². The van der Waals surface area contributed by atoms with Gasteiger partial charge in [-0.1, -0.05) is 30.3 Å². The molecule has 16 heavy (non-hydrogen) atoms. The summed E-state index contributed by atoms with van der Waals surface area (Å²) in [4.78, 5) is 2.42. The molecule has 1 saturated carbocycles. The summed E-state index contributed by atoms with van der Waals surface area (Å²) in [6.45, 7) is 3.07. The maximum Gasteiger partial charge on any atom is 0.0679 e. The van der Waals surface area contributed by atoms with Crippen LogP contribution in [0.3, 0.4) is 0 Å². The van der Waals surface area contributed by atoms with Gasteiger partial charge in [-0.15, -0.1) is 0 Å². The van der Waals surface area contributed by atoms with E-state index in [1.165, 1.54) is 18.4 Å². The Bertz CT molecular complexity index is 358. The van der Waals surface area contributed by atoms with Crippen molar-refractivity contribution in [2.24, 2.45) is 0 Å². The van der Waals surface area contributed by atoms with E-state index in [4.69, 9.17) is 0 Å². The smallest absolute Gasteiger partial charge is 0.0679 e. The van der Waals surface area contributed by atoms with Crippen LogP contribution in [0.15, 0.2) is 30.3 Å². The molecule has 1 heterocycles. The molecular formula is C14H19NO. The Labute approximate surface area is 96.9 Å². The normalized spacial score (nSPS) is 28.2. The first-order chi connectivity index (χ1) is 7.78. The second kappa shape index (κ2) is 3.86. The van der Waals surface area contributed by atoms with E-state index in [-0.39, 0.29) is 6.10 Å². The Morgan fingerprint density at radius 2 is 2.00 bits per heavy atom. The molecule has 1 aromatic carbocycles. The molecular weight excluding hydrogens is 198 g/mol. The van der Waals surface area contributed by atoms with E-state index < -0.39 is 0 Å². The lowest BCUT2D eigenvalue weighted by Crippen LogP contribution is -2.31. The van der Waals surface area contributed by atoms with Gasteiger partial charge in [-0.3, -0.25) is 4.90 Å². The third-order valence-corrected chi connectivity index (χ3v) is 4.01. The molecule has 0 bridgehead atoms. The second-order valence-corrected chi connectivity index (χ2v) is 5.32. The molecule has 1 aliphatic carbocycles. The highest BCUT2D eigenvalue weighted by atomic mass is 16.3. The fourth-order valence-electron chi connectivity index (χ4n) is 2.86. The molecule has 1 aromatic rings. The Balaban J connectivity index is 1.70. The minimum atomic E-state index is -0.0911. The van der Waals surface area contributed by atoms with E-state index >= 15 is 0 Å². The standard InChI is InChI=1S/C14H19NO/c16-13-6-9-15(10-13)11-14(7-8-14)12-4-2-1-3-5-12/h1-5,13,16H,6-11H2/t13-/m1/s1. The van der Waals surface area contributed by atoms with Gasteiger partial charge in [0, 0.05) is 25.0 Å². The highest BCUT2D eigenvalue weighted by Gasteiger charge is 2.45. The summed E-state index contributed by atoms with van der Waals surface area (Å²) in [7, 11) is 0. The molecule has 1 saturated heterocycles. The van der Waals surface area contributed by atoms with Crippen LogP contribution < -0.4 is 0 Å². The zero-order chi connectivity index (χ0) is 11.0. The summed E-state index contributed by atoms with van der Waals surface area (Å²) in [6, 6.07) is 10.8. The fraction of sp³-hybridized carbons (Fsp3) is 0.571. The monoisotopic (exact) mass is 217 g/mol. The Morgan fingerprint density at radius 1 is 1.25 bits per heavy atom. The van der Waals surface area contributed by atoms with E-state index in [2.05, 4.69) is 35.2 Å². The average Bonchev–Trinajstić information content (AvgIpc) is 2.98. The fourth-order valence-corrected chi connectivity index (χ4v) is 2.86. The largest absolute Gasteiger partial charge is 0.392 e. The Morgan fingerprint density at radius 3 is 2.56 bits per heavy atom. The first kappa shape index (κ1) is 10.3. The molecule has 2 nitrogen and oxygen atoms in total. The van der Waals surface area contributed by atoms with Crippen molar-refractivity contribution in [3.8, 4) is 0 Å². The summed E-state index contributed by atoms with van der Waals surface area (Å²) >= 11 is 0. The van der Waals surface area contributed by atoms with E-state index in [0.717, 1.165) is 26.1 Å². The maximum atomic E-state index is 9.55. The molecule has 86 valence electrons. The number of likely N-dealkylation sites (tertiary alicyclic amines) is 1. The minimum Gasteiger partial charge on any atom is -0.392 e. The average molecular weight is 217 g/mol. The molecule has 0 radical (unpaired) electrons. The van der Waals surface area contributed by atoms with Gasteiger partial charge < -0.3 is 5.11 Å². The van der Waals surface area contributed by atoms with Crippen molar-refractivity contribution < 1.29 is 5.11 Å². The SMILES string of the molecule is O[C@@H]1CCN(CC2(c3ccccc3)CC2)C1. The van der Waals surface area contributed by atoms with Crippen molar-refractivity contribution in [2.45, 2.75) is 30.8 Å². The Hall–Kier alpha value is -0.860. The topological polar surface area (TPSA) is 23.5 Å². The van der Waals surface area contributed by atoms with Crippen molar-refractivity contribution in [1.82, 2.24) is 4.90 Å². The van der Waals surface area contributed by atoms with E-state index in [1.807, 2.05) is 0 Å². The predicted octanol–water partition coefficient (Wildman–Crippen LogP) is 1.78. The number of aliphatic hydroxyl groups is 1. The molecule has 2 aliphatic rings. The van der Waals surface area contributed by atoms with Crippen LogP contribution in [-0.2, 0) is 5.41 Å². The van der Waals surface area contributed by atoms with Crippen molar-refractivity contribution in [3.63, 3.8) is 0 Å². The van der Waals surface area contributed by atoms with Crippen LogP contribution >= 0.6 is 0 Å². The van der Waals surface area contributed by atoms with E-state index in [0.29, 0.717) is 5.41 Å². The lowest BCUT2D eigenvalue weighted by molar-refractivity contribution is 0.173. The number of nitrogens with zero attached hydrogens (tertiary/aromatic N) is 1. The second-order valence-electron chi connectivity index (χ2n) is 5.32. The Kier molecular flexibility index (Phi) is 2.49. The number of benzene rings is 1. The van der Waals surface area contributed by atoms with Gasteiger partial charge in [0.25, 0.3) is 0 Å². The first-order valence-electron chi connectivity index (χ1n) is 6.24. The van der Waals surface area contributed by atoms with Gasteiger partial charge in [0.2, 0.25) is 0 Å². The molecule has 3 rings (SSSR count). The van der Waals surface area contributed by atoms with Gasteiger partial charge in [0.15, 0.2) is 0 Å². The van der Waals surface area contributed by atoms with Crippen LogP contribution in [0, 0.1) is 0 Å². The summed E-state index contributed by atoms with van der Waals surface area (Å²) in [6.07, 6.45) is 3.48. The summed E-state index contributed by atoms with van der Waals surface area (Å²) in [5.74, 6) is 0. The van der Waals surface area contributed by atoms with Crippen molar-refractivity contribution >= 4 is 0 Å². The van der Waals surface area contributed by atoms with Crippen LogP contribution in [0.5, 0.6) is 0 Å². The molecule has 1 atom stereocenters.